The molecule has 18 heavy (non-hydrogen) atoms. The van der Waals surface area contributed by atoms with Crippen molar-refractivity contribution in [3.05, 3.63) is 60.8 Å². The highest BCUT2D eigenvalue weighted by Crippen LogP contribution is 2.28. The van der Waals surface area contributed by atoms with Crippen LogP contribution in [0.15, 0.2) is 60.8 Å². The molecule has 1 heterocycles. The predicted molar refractivity (Wildman–Crippen MR) is 73.9 cm³/mol. The average molecular weight is 235 g/mol. The number of hydrogen-bond acceptors (Lipinski definition) is 2. The van der Waals surface area contributed by atoms with Gasteiger partial charge in [0.2, 0.25) is 0 Å². The molecular weight excluding hydrogens is 222 g/mol. The summed E-state index contributed by atoms with van der Waals surface area (Å²) < 4.78 is 0. The van der Waals surface area contributed by atoms with E-state index in [0.29, 0.717) is 5.82 Å². The molecule has 2 aromatic carbocycles. The van der Waals surface area contributed by atoms with Gasteiger partial charge in [-0.1, -0.05) is 48.5 Å². The van der Waals surface area contributed by atoms with Crippen LogP contribution in [0, 0.1) is 0 Å². The molecule has 0 bridgehead atoms. The molecule has 0 unspecified atom stereocenters. The summed E-state index contributed by atoms with van der Waals surface area (Å²) in [6.07, 6.45) is 1.75. The molecule has 0 fully saturated rings. The van der Waals surface area contributed by atoms with Crippen LogP contribution in [-0.2, 0) is 0 Å². The minimum atomic E-state index is 0.597. The Morgan fingerprint density at radius 1 is 0.833 bits per heavy atom. The molecule has 0 radical (unpaired) electrons. The Labute approximate surface area is 105 Å². The van der Waals surface area contributed by atoms with Crippen molar-refractivity contribution in [3.8, 4) is 22.3 Å². The van der Waals surface area contributed by atoms with Gasteiger partial charge in [0.1, 0.15) is 5.82 Å². The number of aromatic nitrogens is 2. The number of nitrogens with zero attached hydrogens (tertiary/aromatic N) is 1. The molecular formula is C15H13N3. The Kier molecular flexibility index (Phi) is 2.57. The van der Waals surface area contributed by atoms with E-state index in [1.165, 1.54) is 11.1 Å². The van der Waals surface area contributed by atoms with Crippen molar-refractivity contribution in [2.24, 2.45) is 0 Å². The van der Waals surface area contributed by atoms with Crippen LogP contribution in [0.4, 0.5) is 5.82 Å². The third-order valence-corrected chi connectivity index (χ3v) is 2.95. The maximum Gasteiger partial charge on any atom is 0.126 e. The molecule has 0 aliphatic heterocycles. The van der Waals surface area contributed by atoms with Crippen molar-refractivity contribution in [2.45, 2.75) is 0 Å². The first kappa shape index (κ1) is 10.6. The molecule has 0 amide bonds. The molecule has 0 saturated heterocycles. The van der Waals surface area contributed by atoms with Gasteiger partial charge in [-0.25, -0.2) is 0 Å². The zero-order chi connectivity index (χ0) is 12.4. The standard InChI is InChI=1S/C15H13N3/c16-15-14(10-17-18-15)13-8-4-7-12(9-13)11-5-2-1-3-6-11/h1-10H,(H3,16,17,18). The van der Waals surface area contributed by atoms with E-state index in [1.807, 2.05) is 30.3 Å². The Hall–Kier alpha value is -2.55. The Balaban J connectivity index is 2.08. The van der Waals surface area contributed by atoms with Gasteiger partial charge >= 0.3 is 0 Å². The van der Waals surface area contributed by atoms with Crippen molar-refractivity contribution in [1.82, 2.24) is 10.2 Å². The predicted octanol–water partition coefficient (Wildman–Crippen LogP) is 3.33. The van der Waals surface area contributed by atoms with Gasteiger partial charge in [0.15, 0.2) is 0 Å². The Morgan fingerprint density at radius 2 is 1.56 bits per heavy atom. The average Bonchev–Trinajstić information content (AvgIpc) is 2.86. The monoisotopic (exact) mass is 235 g/mol. The van der Waals surface area contributed by atoms with Crippen molar-refractivity contribution in [3.63, 3.8) is 0 Å². The first-order valence-electron chi connectivity index (χ1n) is 5.79. The van der Waals surface area contributed by atoms with Crippen molar-refractivity contribution in [1.29, 1.82) is 0 Å². The lowest BCUT2D eigenvalue weighted by molar-refractivity contribution is 1.10. The minimum Gasteiger partial charge on any atom is -0.384 e. The van der Waals surface area contributed by atoms with E-state index in [9.17, 15) is 0 Å². The molecule has 0 aliphatic rings. The zero-order valence-corrected chi connectivity index (χ0v) is 9.80. The largest absolute Gasteiger partial charge is 0.384 e. The van der Waals surface area contributed by atoms with Gasteiger partial charge in [-0.3, -0.25) is 5.10 Å². The molecule has 0 aliphatic carbocycles. The van der Waals surface area contributed by atoms with Gasteiger partial charge < -0.3 is 5.73 Å². The topological polar surface area (TPSA) is 54.7 Å². The van der Waals surface area contributed by atoms with E-state index in [4.69, 9.17) is 5.73 Å². The lowest BCUT2D eigenvalue weighted by Crippen LogP contribution is -1.87. The number of benzene rings is 2. The van der Waals surface area contributed by atoms with Crippen LogP contribution < -0.4 is 5.73 Å². The summed E-state index contributed by atoms with van der Waals surface area (Å²) in [5.41, 5.74) is 10.2. The van der Waals surface area contributed by atoms with Crippen molar-refractivity contribution >= 4 is 5.82 Å². The number of H-pyrrole nitrogens is 1. The maximum atomic E-state index is 5.84. The molecule has 3 nitrogen and oxygen atoms in total. The highest BCUT2D eigenvalue weighted by atomic mass is 15.1. The van der Waals surface area contributed by atoms with Gasteiger partial charge in [0.05, 0.1) is 6.20 Å². The van der Waals surface area contributed by atoms with Crippen LogP contribution in [0.5, 0.6) is 0 Å². The summed E-state index contributed by atoms with van der Waals surface area (Å²) in [6, 6.07) is 18.6. The first-order valence-corrected chi connectivity index (χ1v) is 5.79. The molecule has 3 heteroatoms. The van der Waals surface area contributed by atoms with Gasteiger partial charge in [0.25, 0.3) is 0 Å². The number of rotatable bonds is 2. The third kappa shape index (κ3) is 1.86. The van der Waals surface area contributed by atoms with E-state index in [2.05, 4.69) is 34.5 Å². The summed E-state index contributed by atoms with van der Waals surface area (Å²) in [5.74, 6) is 0.597. The molecule has 0 atom stereocenters. The SMILES string of the molecule is Nc1[nH]ncc1-c1cccc(-c2ccccc2)c1. The van der Waals surface area contributed by atoms with Crippen LogP contribution in [0.1, 0.15) is 0 Å². The highest BCUT2D eigenvalue weighted by Gasteiger charge is 2.05. The molecule has 88 valence electrons. The lowest BCUT2D eigenvalue weighted by Gasteiger charge is -2.04. The number of nitrogen functional groups attached to an aromatic ring is 1. The fourth-order valence-corrected chi connectivity index (χ4v) is 2.02. The fourth-order valence-electron chi connectivity index (χ4n) is 2.02. The van der Waals surface area contributed by atoms with Crippen LogP contribution >= 0.6 is 0 Å². The normalized spacial score (nSPS) is 10.4. The van der Waals surface area contributed by atoms with Crippen LogP contribution in [0.3, 0.4) is 0 Å². The molecule has 3 N–H and O–H groups in total. The zero-order valence-electron chi connectivity index (χ0n) is 9.80. The number of anilines is 1. The summed E-state index contributed by atoms with van der Waals surface area (Å²) in [5, 5.41) is 6.70. The maximum absolute atomic E-state index is 5.84. The molecule has 3 aromatic rings. The van der Waals surface area contributed by atoms with E-state index in [1.54, 1.807) is 6.20 Å². The fraction of sp³-hybridized carbons (Fsp3) is 0. The van der Waals surface area contributed by atoms with E-state index >= 15 is 0 Å². The molecule has 1 aromatic heterocycles. The van der Waals surface area contributed by atoms with Crippen LogP contribution in [0.2, 0.25) is 0 Å². The van der Waals surface area contributed by atoms with Crippen molar-refractivity contribution < 1.29 is 0 Å². The second-order valence-electron chi connectivity index (χ2n) is 4.14. The van der Waals surface area contributed by atoms with Gasteiger partial charge in [-0.05, 0) is 22.8 Å². The van der Waals surface area contributed by atoms with E-state index in [0.717, 1.165) is 11.1 Å². The van der Waals surface area contributed by atoms with E-state index < -0.39 is 0 Å². The van der Waals surface area contributed by atoms with Gasteiger partial charge in [-0.2, -0.15) is 5.10 Å². The minimum absolute atomic E-state index is 0.597. The highest BCUT2D eigenvalue weighted by molar-refractivity contribution is 5.77. The number of aromatic amines is 1. The lowest BCUT2D eigenvalue weighted by atomic mass is 10.0. The Morgan fingerprint density at radius 3 is 2.28 bits per heavy atom. The number of nitrogens with two attached hydrogens (primary N) is 1. The quantitative estimate of drug-likeness (QED) is 0.715. The van der Waals surface area contributed by atoms with Crippen LogP contribution in [-0.4, -0.2) is 10.2 Å². The number of hydrogen-bond donors (Lipinski definition) is 2. The van der Waals surface area contributed by atoms with Crippen LogP contribution in [0.25, 0.3) is 22.3 Å². The second-order valence-corrected chi connectivity index (χ2v) is 4.14. The molecule has 0 spiro atoms. The van der Waals surface area contributed by atoms with Crippen molar-refractivity contribution in [2.75, 3.05) is 5.73 Å². The third-order valence-electron chi connectivity index (χ3n) is 2.95. The summed E-state index contributed by atoms with van der Waals surface area (Å²) in [4.78, 5) is 0. The first-order chi connectivity index (χ1) is 8.84. The Bertz CT molecular complexity index is 656. The smallest absolute Gasteiger partial charge is 0.126 e. The molecule has 0 saturated carbocycles. The second kappa shape index (κ2) is 4.37. The van der Waals surface area contributed by atoms with E-state index in [-0.39, 0.29) is 0 Å². The number of nitrogens with one attached hydrogen (secondary N) is 1. The summed E-state index contributed by atoms with van der Waals surface area (Å²) in [7, 11) is 0. The van der Waals surface area contributed by atoms with Gasteiger partial charge in [0, 0.05) is 5.56 Å². The summed E-state index contributed by atoms with van der Waals surface area (Å²) in [6.45, 7) is 0. The summed E-state index contributed by atoms with van der Waals surface area (Å²) >= 11 is 0. The molecule has 3 rings (SSSR count). The van der Waals surface area contributed by atoms with Gasteiger partial charge in [-0.15, -0.1) is 0 Å².